The lowest BCUT2D eigenvalue weighted by Gasteiger charge is -2.35. The molecule has 45 heavy (non-hydrogen) atoms. The van der Waals surface area contributed by atoms with Crippen molar-refractivity contribution in [1.82, 2.24) is 30.2 Å². The van der Waals surface area contributed by atoms with Crippen LogP contribution in [0.25, 0.3) is 10.9 Å². The number of likely N-dealkylation sites (tertiary alicyclic amines) is 1. The summed E-state index contributed by atoms with van der Waals surface area (Å²) in [5.74, 6) is 4.57. The zero-order chi connectivity index (χ0) is 31.8. The lowest BCUT2D eigenvalue weighted by molar-refractivity contribution is -0.130. The number of benzene rings is 2. The number of aryl methyl sites for hydroxylation is 2. The minimum Gasteiger partial charge on any atom is -0.496 e. The summed E-state index contributed by atoms with van der Waals surface area (Å²) >= 11 is 0. The smallest absolute Gasteiger partial charge is 0.226 e. The van der Waals surface area contributed by atoms with Crippen molar-refractivity contribution in [2.45, 2.75) is 51.0 Å². The number of H-pyrrole nitrogens is 1. The third-order valence-corrected chi connectivity index (χ3v) is 8.14. The number of hydrogen-bond donors (Lipinski definition) is 4. The number of rotatable bonds is 15. The quantitative estimate of drug-likeness (QED) is 0.117. The summed E-state index contributed by atoms with van der Waals surface area (Å²) in [5.41, 5.74) is 9.63. The summed E-state index contributed by atoms with van der Waals surface area (Å²) in [4.78, 5) is 43.2. The van der Waals surface area contributed by atoms with Gasteiger partial charge < -0.3 is 31.0 Å². The van der Waals surface area contributed by atoms with Crippen LogP contribution in [0.3, 0.4) is 0 Å². The van der Waals surface area contributed by atoms with Gasteiger partial charge in [-0.2, -0.15) is 0 Å². The second kappa shape index (κ2) is 14.7. The Hall–Kier alpha value is -4.95. The van der Waals surface area contributed by atoms with Crippen LogP contribution >= 0.6 is 0 Å². The molecule has 1 aliphatic heterocycles. The van der Waals surface area contributed by atoms with E-state index in [0.717, 1.165) is 83.8 Å². The number of imidazole rings is 1. The highest BCUT2D eigenvalue weighted by molar-refractivity contribution is 5.92. The molecule has 0 radical (unpaired) electrons. The van der Waals surface area contributed by atoms with Crippen molar-refractivity contribution in [3.8, 4) is 18.1 Å². The molecule has 4 aromatic rings. The van der Waals surface area contributed by atoms with Gasteiger partial charge in [-0.25, -0.2) is 15.0 Å². The summed E-state index contributed by atoms with van der Waals surface area (Å²) in [5, 5.41) is 7.45. The number of amides is 2. The summed E-state index contributed by atoms with van der Waals surface area (Å²) in [6, 6.07) is 11.4. The first-order chi connectivity index (χ1) is 21.8. The number of fused-ring (bicyclic) bond motifs is 1. The Morgan fingerprint density at radius 3 is 2.76 bits per heavy atom. The van der Waals surface area contributed by atoms with Crippen LogP contribution in [0.1, 0.15) is 60.8 Å². The third-order valence-electron chi connectivity index (χ3n) is 8.14. The number of ether oxygens (including phenoxy) is 1. The molecule has 0 aliphatic carbocycles. The van der Waals surface area contributed by atoms with E-state index >= 15 is 0 Å². The number of methoxy groups -OCH3 is 1. The highest BCUT2D eigenvalue weighted by Crippen LogP contribution is 2.31. The second-order valence-corrected chi connectivity index (χ2v) is 11.6. The molecule has 0 bridgehead atoms. The largest absolute Gasteiger partial charge is 0.496 e. The topological polar surface area (TPSA) is 151 Å². The van der Waals surface area contributed by atoms with Crippen LogP contribution in [0.5, 0.6) is 5.75 Å². The second-order valence-electron chi connectivity index (χ2n) is 11.6. The van der Waals surface area contributed by atoms with Gasteiger partial charge in [0, 0.05) is 54.1 Å². The maximum Gasteiger partial charge on any atom is 0.226 e. The molecular formula is C34H40N8O3. The van der Waals surface area contributed by atoms with E-state index in [0.29, 0.717) is 25.1 Å². The van der Waals surface area contributed by atoms with Gasteiger partial charge in [-0.15, -0.1) is 6.42 Å². The number of nitrogens with two attached hydrogens (primary N) is 1. The summed E-state index contributed by atoms with van der Waals surface area (Å²) in [6.45, 7) is 1.52. The molecule has 234 valence electrons. The predicted molar refractivity (Wildman–Crippen MR) is 174 cm³/mol. The van der Waals surface area contributed by atoms with Crippen LogP contribution in [0.4, 0.5) is 11.5 Å². The van der Waals surface area contributed by atoms with Gasteiger partial charge in [0.1, 0.15) is 23.7 Å². The SMILES string of the molecule is C#Cc1cccc(Nc2ncnc3cc(OC)c(CCc4cnc([C@H](CCCCCC(N)=O)NC(=O)C5CN(C)C5)[nH]4)cc23)c1. The Labute approximate surface area is 263 Å². The fourth-order valence-electron chi connectivity index (χ4n) is 5.64. The average molecular weight is 609 g/mol. The number of aromatic amines is 1. The van der Waals surface area contributed by atoms with E-state index < -0.39 is 0 Å². The van der Waals surface area contributed by atoms with E-state index in [9.17, 15) is 9.59 Å². The number of aromatic nitrogens is 4. The summed E-state index contributed by atoms with van der Waals surface area (Å²) in [7, 11) is 3.66. The molecule has 3 heterocycles. The van der Waals surface area contributed by atoms with Gasteiger partial charge in [0.15, 0.2) is 0 Å². The molecule has 5 rings (SSSR count). The molecule has 1 atom stereocenters. The molecule has 11 heteroatoms. The van der Waals surface area contributed by atoms with Crippen molar-refractivity contribution >= 4 is 34.2 Å². The number of nitrogens with zero attached hydrogens (tertiary/aromatic N) is 4. The van der Waals surface area contributed by atoms with E-state index in [-0.39, 0.29) is 23.8 Å². The minimum atomic E-state index is -0.289. The number of terminal acetylenes is 1. The molecule has 1 aliphatic rings. The Balaban J connectivity index is 1.30. The Kier molecular flexibility index (Phi) is 10.3. The Morgan fingerprint density at radius 2 is 2.00 bits per heavy atom. The number of unbranched alkanes of at least 4 members (excludes halogenated alkanes) is 2. The number of hydrogen-bond acceptors (Lipinski definition) is 8. The summed E-state index contributed by atoms with van der Waals surface area (Å²) in [6.07, 6.45) is 13.8. The molecule has 1 saturated heterocycles. The van der Waals surface area contributed by atoms with Crippen LogP contribution in [-0.4, -0.2) is 63.9 Å². The molecule has 11 nitrogen and oxygen atoms in total. The predicted octanol–water partition coefficient (Wildman–Crippen LogP) is 4.03. The van der Waals surface area contributed by atoms with Crippen LogP contribution in [0, 0.1) is 18.3 Å². The van der Waals surface area contributed by atoms with Crippen molar-refractivity contribution in [1.29, 1.82) is 0 Å². The van der Waals surface area contributed by atoms with E-state index in [1.807, 2.05) is 43.6 Å². The molecule has 0 spiro atoms. The number of primary amides is 1. The van der Waals surface area contributed by atoms with Crippen molar-refractivity contribution in [3.05, 3.63) is 71.6 Å². The zero-order valence-electron chi connectivity index (χ0n) is 25.8. The first kappa shape index (κ1) is 31.5. The van der Waals surface area contributed by atoms with Crippen LogP contribution in [0.15, 0.2) is 48.9 Å². The van der Waals surface area contributed by atoms with E-state index in [1.54, 1.807) is 7.11 Å². The van der Waals surface area contributed by atoms with Crippen LogP contribution in [0.2, 0.25) is 0 Å². The molecule has 2 aromatic carbocycles. The lowest BCUT2D eigenvalue weighted by Crippen LogP contribution is -2.52. The maximum absolute atomic E-state index is 12.9. The van der Waals surface area contributed by atoms with Crippen LogP contribution in [-0.2, 0) is 22.4 Å². The Morgan fingerprint density at radius 1 is 1.16 bits per heavy atom. The van der Waals surface area contributed by atoms with Crippen molar-refractivity contribution in [2.75, 3.05) is 32.6 Å². The van der Waals surface area contributed by atoms with E-state index in [4.69, 9.17) is 16.9 Å². The van der Waals surface area contributed by atoms with Gasteiger partial charge in [-0.1, -0.05) is 24.8 Å². The van der Waals surface area contributed by atoms with E-state index in [1.165, 1.54) is 6.33 Å². The fraction of sp³-hybridized carbons (Fsp3) is 0.382. The highest BCUT2D eigenvalue weighted by Gasteiger charge is 2.31. The van der Waals surface area contributed by atoms with Gasteiger partial charge in [0.25, 0.3) is 0 Å². The molecule has 2 aromatic heterocycles. The molecular weight excluding hydrogens is 568 g/mol. The van der Waals surface area contributed by atoms with Gasteiger partial charge in [0.2, 0.25) is 11.8 Å². The number of carbonyl (C=O) groups excluding carboxylic acids is 2. The molecule has 0 unspecified atom stereocenters. The Bertz CT molecular complexity index is 1690. The van der Waals surface area contributed by atoms with E-state index in [2.05, 4.69) is 47.5 Å². The van der Waals surface area contributed by atoms with Crippen molar-refractivity contribution in [2.24, 2.45) is 11.7 Å². The maximum atomic E-state index is 12.9. The zero-order valence-corrected chi connectivity index (χ0v) is 25.8. The normalized spacial score (nSPS) is 14.0. The number of anilines is 2. The van der Waals surface area contributed by atoms with Crippen molar-refractivity contribution < 1.29 is 14.3 Å². The molecule has 1 fully saturated rings. The third kappa shape index (κ3) is 8.16. The molecule has 2 amide bonds. The lowest BCUT2D eigenvalue weighted by atomic mass is 9.99. The van der Waals surface area contributed by atoms with Crippen molar-refractivity contribution in [3.63, 3.8) is 0 Å². The van der Waals surface area contributed by atoms with Gasteiger partial charge in [0.05, 0.1) is 24.6 Å². The number of carbonyl (C=O) groups is 2. The minimum absolute atomic E-state index is 0.00760. The highest BCUT2D eigenvalue weighted by atomic mass is 16.5. The standard InChI is InChI=1S/C34H40N8O3/c1-4-22-9-8-10-25(15-22)39-32-27-16-23(30(45-3)17-29(27)37-21-38-32)13-14-26-18-36-33(40-26)28(11-6-5-7-12-31(35)43)41-34(44)24-19-42(2)20-24/h1,8-10,15-18,21,24,28H,5-7,11-14,19-20H2,2-3H3,(H2,35,43)(H,36,40)(H,41,44)(H,37,38,39)/t28-/m0/s1. The van der Waals surface area contributed by atoms with Gasteiger partial charge in [-0.3, -0.25) is 9.59 Å². The first-order valence-electron chi connectivity index (χ1n) is 15.3. The van der Waals surface area contributed by atoms with Crippen LogP contribution < -0.4 is 21.1 Å². The molecule has 0 saturated carbocycles. The fourth-order valence-corrected chi connectivity index (χ4v) is 5.64. The summed E-state index contributed by atoms with van der Waals surface area (Å²) < 4.78 is 5.73. The first-order valence-corrected chi connectivity index (χ1v) is 15.3. The molecule has 5 N–H and O–H groups in total. The average Bonchev–Trinajstić information content (AvgIpc) is 3.50. The number of nitrogens with one attached hydrogen (secondary N) is 3. The van der Waals surface area contributed by atoms with Gasteiger partial charge in [-0.05, 0) is 62.6 Å². The van der Waals surface area contributed by atoms with Gasteiger partial charge >= 0.3 is 0 Å². The monoisotopic (exact) mass is 608 g/mol.